The summed E-state index contributed by atoms with van der Waals surface area (Å²) in [6.45, 7) is 0.173. The van der Waals surface area contributed by atoms with Crippen molar-refractivity contribution in [3.8, 4) is 5.75 Å². The van der Waals surface area contributed by atoms with Crippen LogP contribution < -0.4 is 10.1 Å². The second kappa shape index (κ2) is 4.41. The maximum atomic E-state index is 10.9. The summed E-state index contributed by atoms with van der Waals surface area (Å²) in [5.74, 6) is 0.129. The molecule has 5 nitrogen and oxygen atoms in total. The third-order valence-electron chi connectivity index (χ3n) is 1.50. The molecule has 0 amide bonds. The zero-order valence-electron chi connectivity index (χ0n) is 7.60. The summed E-state index contributed by atoms with van der Waals surface area (Å²) in [6.07, 6.45) is 0. The Bertz CT molecular complexity index is 402. The maximum Gasteiger partial charge on any atom is 0.298 e. The molecule has 0 aliphatic heterocycles. The summed E-state index contributed by atoms with van der Waals surface area (Å²) in [7, 11) is -2.55. The molecule has 1 aromatic carbocycles. The van der Waals surface area contributed by atoms with E-state index in [9.17, 15) is 8.42 Å². The number of rotatable bonds is 4. The van der Waals surface area contributed by atoms with E-state index in [0.29, 0.717) is 0 Å². The number of hydrogen-bond acceptors (Lipinski definition) is 4. The number of para-hydroxylation sites is 1. The molecule has 0 aromatic heterocycles. The van der Waals surface area contributed by atoms with Crippen molar-refractivity contribution in [2.45, 2.75) is 4.90 Å². The van der Waals surface area contributed by atoms with Gasteiger partial charge in [-0.2, -0.15) is 8.42 Å². The van der Waals surface area contributed by atoms with Crippen molar-refractivity contribution in [3.05, 3.63) is 24.3 Å². The molecule has 0 aliphatic rings. The van der Waals surface area contributed by atoms with E-state index in [2.05, 4.69) is 5.32 Å². The van der Waals surface area contributed by atoms with E-state index in [0.717, 1.165) is 0 Å². The fourth-order valence-electron chi connectivity index (χ4n) is 0.932. The highest BCUT2D eigenvalue weighted by molar-refractivity contribution is 7.86. The van der Waals surface area contributed by atoms with Gasteiger partial charge >= 0.3 is 0 Å². The van der Waals surface area contributed by atoms with Gasteiger partial charge in [-0.3, -0.25) is 9.87 Å². The predicted molar refractivity (Wildman–Crippen MR) is 50.8 cm³/mol. The molecule has 1 aromatic rings. The van der Waals surface area contributed by atoms with Crippen molar-refractivity contribution in [2.24, 2.45) is 0 Å². The van der Waals surface area contributed by atoms with Gasteiger partial charge in [0.1, 0.15) is 17.4 Å². The molecule has 0 unspecified atom stereocenters. The zero-order valence-corrected chi connectivity index (χ0v) is 8.41. The molecular formula is C8H11NO4S. The first-order valence-electron chi connectivity index (χ1n) is 3.89. The van der Waals surface area contributed by atoms with Gasteiger partial charge in [-0.25, -0.2) is 0 Å². The van der Waals surface area contributed by atoms with Gasteiger partial charge in [-0.15, -0.1) is 0 Å². The van der Waals surface area contributed by atoms with Gasteiger partial charge in [-0.1, -0.05) is 12.1 Å². The van der Waals surface area contributed by atoms with Crippen LogP contribution in [0.15, 0.2) is 29.2 Å². The fraction of sp³-hybridized carbons (Fsp3) is 0.250. The Morgan fingerprint density at radius 3 is 2.64 bits per heavy atom. The Kier molecular flexibility index (Phi) is 3.45. The van der Waals surface area contributed by atoms with E-state index in [-0.39, 0.29) is 17.4 Å². The molecule has 0 bridgehead atoms. The normalized spacial score (nSPS) is 11.3. The summed E-state index contributed by atoms with van der Waals surface area (Å²) >= 11 is 0. The van der Waals surface area contributed by atoms with Crippen molar-refractivity contribution < 1.29 is 17.7 Å². The van der Waals surface area contributed by atoms with Crippen LogP contribution in [0.3, 0.4) is 0 Å². The zero-order chi connectivity index (χ0) is 10.6. The molecule has 0 fully saturated rings. The minimum atomic E-state index is -4.22. The number of ether oxygens (including phenoxy) is 1. The summed E-state index contributed by atoms with van der Waals surface area (Å²) < 4.78 is 35.6. The largest absolute Gasteiger partial charge is 0.477 e. The van der Waals surface area contributed by atoms with Crippen LogP contribution in [0.1, 0.15) is 0 Å². The maximum absolute atomic E-state index is 10.9. The predicted octanol–water partition coefficient (Wildman–Crippen LogP) is 0.489. The first-order chi connectivity index (χ1) is 6.55. The average molecular weight is 217 g/mol. The Morgan fingerprint density at radius 2 is 2.07 bits per heavy atom. The van der Waals surface area contributed by atoms with Crippen LogP contribution in [-0.4, -0.2) is 26.7 Å². The molecule has 14 heavy (non-hydrogen) atoms. The Balaban J connectivity index is 3.04. The smallest absolute Gasteiger partial charge is 0.298 e. The standard InChI is InChI=1S/C8H11NO4S/c1-9-6-13-7-4-2-3-5-8(7)14(10,11)12/h2-5,9H,6H2,1H3,(H,10,11,12). The molecule has 0 saturated carbocycles. The van der Waals surface area contributed by atoms with Crippen molar-refractivity contribution in [1.29, 1.82) is 0 Å². The van der Waals surface area contributed by atoms with Crippen LogP contribution in [-0.2, 0) is 10.1 Å². The highest BCUT2D eigenvalue weighted by Gasteiger charge is 2.15. The Morgan fingerprint density at radius 1 is 1.43 bits per heavy atom. The van der Waals surface area contributed by atoms with E-state index in [4.69, 9.17) is 9.29 Å². The van der Waals surface area contributed by atoms with Crippen molar-refractivity contribution in [1.82, 2.24) is 5.32 Å². The van der Waals surface area contributed by atoms with Crippen molar-refractivity contribution in [3.63, 3.8) is 0 Å². The third-order valence-corrected chi connectivity index (χ3v) is 2.39. The average Bonchev–Trinajstić information content (AvgIpc) is 2.14. The lowest BCUT2D eigenvalue weighted by Crippen LogP contribution is -2.15. The lowest BCUT2D eigenvalue weighted by atomic mass is 10.3. The van der Waals surface area contributed by atoms with Crippen molar-refractivity contribution in [2.75, 3.05) is 13.8 Å². The van der Waals surface area contributed by atoms with Gasteiger partial charge < -0.3 is 4.74 Å². The van der Waals surface area contributed by atoms with Crippen LogP contribution in [0.25, 0.3) is 0 Å². The van der Waals surface area contributed by atoms with Gasteiger partial charge in [0.2, 0.25) is 0 Å². The molecular weight excluding hydrogens is 206 g/mol. The van der Waals surface area contributed by atoms with Gasteiger partial charge in [0.15, 0.2) is 0 Å². The van der Waals surface area contributed by atoms with Gasteiger partial charge in [0.25, 0.3) is 10.1 Å². The Hall–Kier alpha value is -1.11. The quantitative estimate of drug-likeness (QED) is 0.567. The molecule has 1 rings (SSSR count). The molecule has 2 N–H and O–H groups in total. The van der Waals surface area contributed by atoms with Gasteiger partial charge in [-0.05, 0) is 19.2 Å². The fourth-order valence-corrected chi connectivity index (χ4v) is 1.56. The van der Waals surface area contributed by atoms with E-state index < -0.39 is 10.1 Å². The molecule has 0 spiro atoms. The lowest BCUT2D eigenvalue weighted by molar-refractivity contribution is 0.287. The minimum Gasteiger partial charge on any atom is -0.477 e. The van der Waals surface area contributed by atoms with Crippen molar-refractivity contribution >= 4 is 10.1 Å². The second-order valence-corrected chi connectivity index (χ2v) is 3.95. The summed E-state index contributed by atoms with van der Waals surface area (Å²) in [5, 5.41) is 2.70. The highest BCUT2D eigenvalue weighted by atomic mass is 32.2. The first kappa shape index (κ1) is 11.0. The third kappa shape index (κ3) is 2.69. The van der Waals surface area contributed by atoms with Gasteiger partial charge in [0.05, 0.1) is 0 Å². The van der Waals surface area contributed by atoms with E-state index in [1.165, 1.54) is 18.2 Å². The van der Waals surface area contributed by atoms with Crippen LogP contribution in [0.5, 0.6) is 5.75 Å². The number of benzene rings is 1. The van der Waals surface area contributed by atoms with Crippen LogP contribution >= 0.6 is 0 Å². The number of hydrogen-bond donors (Lipinski definition) is 2. The Labute approximate surface area is 82.5 Å². The first-order valence-corrected chi connectivity index (χ1v) is 5.33. The topological polar surface area (TPSA) is 75.6 Å². The number of nitrogens with one attached hydrogen (secondary N) is 1. The second-order valence-electron chi connectivity index (χ2n) is 2.56. The van der Waals surface area contributed by atoms with Crippen LogP contribution in [0.4, 0.5) is 0 Å². The lowest BCUT2D eigenvalue weighted by Gasteiger charge is -2.08. The van der Waals surface area contributed by atoms with Crippen LogP contribution in [0, 0.1) is 0 Å². The molecule has 0 radical (unpaired) electrons. The molecule has 0 aliphatic carbocycles. The van der Waals surface area contributed by atoms with E-state index >= 15 is 0 Å². The summed E-state index contributed by atoms with van der Waals surface area (Å²) in [4.78, 5) is -0.227. The molecule has 0 saturated heterocycles. The minimum absolute atomic E-state index is 0.129. The SMILES string of the molecule is CNCOc1ccccc1S(=O)(=O)O. The summed E-state index contributed by atoms with van der Waals surface area (Å²) in [5.41, 5.74) is 0. The van der Waals surface area contributed by atoms with Crippen LogP contribution in [0.2, 0.25) is 0 Å². The summed E-state index contributed by atoms with van der Waals surface area (Å²) in [6, 6.07) is 5.88. The molecule has 78 valence electrons. The van der Waals surface area contributed by atoms with E-state index in [1.807, 2.05) is 0 Å². The van der Waals surface area contributed by atoms with E-state index in [1.54, 1.807) is 13.1 Å². The van der Waals surface area contributed by atoms with Gasteiger partial charge in [0, 0.05) is 0 Å². The monoisotopic (exact) mass is 217 g/mol. The molecule has 0 atom stereocenters. The highest BCUT2D eigenvalue weighted by Crippen LogP contribution is 2.22. The molecule has 6 heteroatoms. The molecule has 0 heterocycles.